The summed E-state index contributed by atoms with van der Waals surface area (Å²) in [6, 6.07) is 1.25. The van der Waals surface area contributed by atoms with E-state index in [9.17, 15) is 4.79 Å². The van der Waals surface area contributed by atoms with Crippen molar-refractivity contribution in [3.8, 4) is 0 Å². The molecule has 0 fully saturated rings. The highest BCUT2D eigenvalue weighted by molar-refractivity contribution is 6.27. The van der Waals surface area contributed by atoms with Gasteiger partial charge in [0.2, 0.25) is 6.08 Å². The lowest BCUT2D eigenvalue weighted by Gasteiger charge is -2.15. The Bertz CT molecular complexity index is 193. The molecule has 0 rings (SSSR count). The average molecular weight is 243 g/mol. The molecule has 0 aliphatic carbocycles. The number of aliphatic imine (C=N–C) groups is 1. The van der Waals surface area contributed by atoms with E-state index in [0.29, 0.717) is 12.6 Å². The Morgan fingerprint density at radius 3 is 2.75 bits per heavy atom. The highest BCUT2D eigenvalue weighted by Gasteiger charge is 2.03. The second kappa shape index (κ2) is 12.6. The number of carbonyl (C=O) groups excluding carboxylic acids is 1. The summed E-state index contributed by atoms with van der Waals surface area (Å²) < 4.78 is 5.91. The van der Waals surface area contributed by atoms with E-state index in [1.54, 1.807) is 6.08 Å². The summed E-state index contributed by atoms with van der Waals surface area (Å²) >= 11 is 0. The van der Waals surface area contributed by atoms with Crippen LogP contribution in [0.3, 0.4) is 0 Å². The topological polar surface area (TPSA) is 38.7 Å². The first-order chi connectivity index (χ1) is 7.85. The SMILES string of the molecule is CCCC(CC)O[SiH2]CCCCCN=C=O. The van der Waals surface area contributed by atoms with Gasteiger partial charge in [-0.1, -0.05) is 33.1 Å². The molecule has 0 amide bonds. The summed E-state index contributed by atoms with van der Waals surface area (Å²) in [5.74, 6) is 0. The van der Waals surface area contributed by atoms with Crippen LogP contribution in [0.1, 0.15) is 52.4 Å². The van der Waals surface area contributed by atoms with Gasteiger partial charge in [0.1, 0.15) is 0 Å². The van der Waals surface area contributed by atoms with Crippen LogP contribution < -0.4 is 0 Å². The maximum atomic E-state index is 9.80. The van der Waals surface area contributed by atoms with Gasteiger partial charge in [0, 0.05) is 6.10 Å². The molecule has 0 bridgehead atoms. The van der Waals surface area contributed by atoms with E-state index in [0.717, 1.165) is 19.3 Å². The van der Waals surface area contributed by atoms with Gasteiger partial charge in [-0.2, -0.15) is 0 Å². The number of nitrogens with zero attached hydrogens (tertiary/aromatic N) is 1. The molecule has 0 aromatic carbocycles. The minimum Gasteiger partial charge on any atom is -0.421 e. The van der Waals surface area contributed by atoms with E-state index in [4.69, 9.17) is 4.43 Å². The number of hydrogen-bond donors (Lipinski definition) is 0. The van der Waals surface area contributed by atoms with Crippen LogP contribution in [0.4, 0.5) is 0 Å². The highest BCUT2D eigenvalue weighted by Crippen LogP contribution is 2.07. The molecule has 3 nitrogen and oxygen atoms in total. The lowest BCUT2D eigenvalue weighted by molar-refractivity contribution is 0.194. The first-order valence-corrected chi connectivity index (χ1v) is 8.08. The van der Waals surface area contributed by atoms with Crippen molar-refractivity contribution in [2.45, 2.75) is 64.5 Å². The molecule has 1 atom stereocenters. The fourth-order valence-electron chi connectivity index (χ4n) is 1.67. The quantitative estimate of drug-likeness (QED) is 0.242. The number of hydrogen-bond acceptors (Lipinski definition) is 3. The molecule has 0 aromatic rings. The molecule has 0 aliphatic heterocycles. The van der Waals surface area contributed by atoms with E-state index in [1.807, 2.05) is 0 Å². The summed E-state index contributed by atoms with van der Waals surface area (Å²) in [6.45, 7) is 5.05. The Balaban J connectivity index is 3.21. The lowest BCUT2D eigenvalue weighted by atomic mass is 10.2. The van der Waals surface area contributed by atoms with Crippen molar-refractivity contribution in [3.05, 3.63) is 0 Å². The largest absolute Gasteiger partial charge is 0.421 e. The zero-order valence-electron chi connectivity index (χ0n) is 10.7. The highest BCUT2D eigenvalue weighted by atomic mass is 28.2. The molecular formula is C12H25NO2Si. The van der Waals surface area contributed by atoms with Crippen LogP contribution in [0, 0.1) is 0 Å². The van der Waals surface area contributed by atoms with Crippen LogP contribution in [0.15, 0.2) is 4.99 Å². The summed E-state index contributed by atoms with van der Waals surface area (Å²) in [6.07, 6.45) is 9.04. The molecule has 16 heavy (non-hydrogen) atoms. The lowest BCUT2D eigenvalue weighted by Crippen LogP contribution is -2.14. The molecule has 0 spiro atoms. The summed E-state index contributed by atoms with van der Waals surface area (Å²) in [5, 5.41) is 0. The minimum atomic E-state index is -0.315. The molecular weight excluding hydrogens is 218 g/mol. The van der Waals surface area contributed by atoms with Crippen molar-refractivity contribution in [2.75, 3.05) is 6.54 Å². The summed E-state index contributed by atoms with van der Waals surface area (Å²) in [7, 11) is -0.315. The van der Waals surface area contributed by atoms with E-state index >= 15 is 0 Å². The molecule has 0 radical (unpaired) electrons. The van der Waals surface area contributed by atoms with Gasteiger partial charge in [0.05, 0.1) is 6.54 Å². The molecule has 4 heteroatoms. The van der Waals surface area contributed by atoms with Crippen molar-refractivity contribution in [3.63, 3.8) is 0 Å². The molecule has 1 unspecified atom stereocenters. The van der Waals surface area contributed by atoms with Crippen LogP contribution in [-0.2, 0) is 9.22 Å². The Morgan fingerprint density at radius 2 is 2.12 bits per heavy atom. The van der Waals surface area contributed by atoms with Crippen molar-refractivity contribution in [1.29, 1.82) is 0 Å². The molecule has 0 aromatic heterocycles. The van der Waals surface area contributed by atoms with E-state index in [2.05, 4.69) is 18.8 Å². The third-order valence-corrected chi connectivity index (χ3v) is 4.14. The molecule has 0 heterocycles. The summed E-state index contributed by atoms with van der Waals surface area (Å²) in [5.41, 5.74) is 0. The zero-order valence-corrected chi connectivity index (χ0v) is 12.1. The first kappa shape index (κ1) is 15.6. The molecule has 0 saturated heterocycles. The van der Waals surface area contributed by atoms with Crippen molar-refractivity contribution in [2.24, 2.45) is 4.99 Å². The van der Waals surface area contributed by atoms with Gasteiger partial charge in [0.15, 0.2) is 9.76 Å². The smallest absolute Gasteiger partial charge is 0.234 e. The van der Waals surface area contributed by atoms with Gasteiger partial charge >= 0.3 is 0 Å². The standard InChI is InChI=1S/C12H25NO2Si/c1-3-8-12(4-2)15-16-10-7-5-6-9-13-11-14/h12H,3-10,16H2,1-2H3. The third kappa shape index (κ3) is 10.1. The maximum absolute atomic E-state index is 9.80. The van der Waals surface area contributed by atoms with Crippen LogP contribution in [0.5, 0.6) is 0 Å². The first-order valence-electron chi connectivity index (χ1n) is 6.50. The summed E-state index contributed by atoms with van der Waals surface area (Å²) in [4.78, 5) is 13.3. The van der Waals surface area contributed by atoms with Crippen molar-refractivity contribution >= 4 is 15.8 Å². The maximum Gasteiger partial charge on any atom is 0.234 e. The van der Waals surface area contributed by atoms with E-state index in [-0.39, 0.29) is 9.76 Å². The fourth-order valence-corrected chi connectivity index (χ4v) is 3.13. The second-order valence-corrected chi connectivity index (χ2v) is 5.53. The van der Waals surface area contributed by atoms with Crippen molar-refractivity contribution < 1.29 is 9.22 Å². The van der Waals surface area contributed by atoms with Gasteiger partial charge in [0.25, 0.3) is 0 Å². The van der Waals surface area contributed by atoms with E-state index < -0.39 is 0 Å². The van der Waals surface area contributed by atoms with Crippen molar-refractivity contribution in [1.82, 2.24) is 0 Å². The third-order valence-electron chi connectivity index (χ3n) is 2.65. The second-order valence-electron chi connectivity index (χ2n) is 4.08. The number of rotatable bonds is 11. The number of isocyanates is 1. The molecule has 0 saturated carbocycles. The Kier molecular flexibility index (Phi) is 12.3. The molecule has 0 N–H and O–H groups in total. The Morgan fingerprint density at radius 1 is 1.31 bits per heavy atom. The monoisotopic (exact) mass is 243 g/mol. The van der Waals surface area contributed by atoms with Gasteiger partial charge < -0.3 is 4.43 Å². The number of unbranched alkanes of at least 4 members (excludes halogenated alkanes) is 2. The predicted octanol–water partition coefficient (Wildman–Crippen LogP) is 2.59. The predicted molar refractivity (Wildman–Crippen MR) is 70.3 cm³/mol. The Hall–Kier alpha value is -0.443. The van der Waals surface area contributed by atoms with E-state index in [1.165, 1.54) is 25.3 Å². The van der Waals surface area contributed by atoms with Gasteiger partial charge in [-0.15, -0.1) is 0 Å². The van der Waals surface area contributed by atoms with Crippen LogP contribution in [0.2, 0.25) is 6.04 Å². The zero-order chi connectivity index (χ0) is 12.1. The van der Waals surface area contributed by atoms with Gasteiger partial charge in [-0.05, 0) is 25.3 Å². The normalized spacial score (nSPS) is 12.9. The minimum absolute atomic E-state index is 0.315. The van der Waals surface area contributed by atoms with Crippen LogP contribution in [0.25, 0.3) is 0 Å². The molecule has 94 valence electrons. The fraction of sp³-hybridized carbons (Fsp3) is 0.917. The van der Waals surface area contributed by atoms with Gasteiger partial charge in [-0.3, -0.25) is 0 Å². The average Bonchev–Trinajstić information content (AvgIpc) is 2.31. The van der Waals surface area contributed by atoms with Gasteiger partial charge in [-0.25, -0.2) is 9.79 Å². The van der Waals surface area contributed by atoms with Crippen LogP contribution in [-0.4, -0.2) is 28.5 Å². The van der Waals surface area contributed by atoms with Crippen LogP contribution >= 0.6 is 0 Å². The molecule has 0 aliphatic rings. The Labute approximate surface area is 102 Å².